The van der Waals surface area contributed by atoms with Gasteiger partial charge in [0.25, 0.3) is 0 Å². The number of hydrogen-bond donors (Lipinski definition) is 0. The second kappa shape index (κ2) is 16.9. The predicted molar refractivity (Wildman–Crippen MR) is 273 cm³/mol. The first-order valence-electron chi connectivity index (χ1n) is 22.9. The second-order valence-corrected chi connectivity index (χ2v) is 17.1. The standard InChI is InChI=1S/C61H39N5O3/c1-2-13-41(14-3-1)59-64-60(66-61(65-59)50-17-12-16-49-48-15-4-5-20-53(48)67-56(49)50)42-29-25-39(26-30-42)38-23-27-40(28-24-38)46-31-32-47(58-57(46)68-54-21-6-7-22-55(54)69-58)43-35-44(51-18-8-10-33-62-51)37-45(36-43)52-19-9-11-34-63-52/h1-37,54-55H. The number of benzene rings is 7. The average Bonchev–Trinajstić information content (AvgIpc) is 3.82. The molecule has 13 rings (SSSR count). The Morgan fingerprint density at radius 2 is 0.855 bits per heavy atom. The molecule has 326 valence electrons. The van der Waals surface area contributed by atoms with Gasteiger partial charge in [-0.2, -0.15) is 0 Å². The number of hydrogen-bond acceptors (Lipinski definition) is 8. The number of pyridine rings is 2. The van der Waals surface area contributed by atoms with Crippen LogP contribution in [0, 0.1) is 0 Å². The lowest BCUT2D eigenvalue weighted by atomic mass is 9.92. The number of aromatic nitrogens is 5. The van der Waals surface area contributed by atoms with Crippen LogP contribution < -0.4 is 9.47 Å². The van der Waals surface area contributed by atoms with Crippen molar-refractivity contribution >= 4 is 21.9 Å². The largest absolute Gasteiger partial charge is 0.478 e. The highest BCUT2D eigenvalue weighted by Crippen LogP contribution is 2.50. The Labute approximate surface area is 397 Å². The summed E-state index contributed by atoms with van der Waals surface area (Å²) in [6.07, 6.45) is 11.2. The van der Waals surface area contributed by atoms with Crippen LogP contribution in [0.2, 0.25) is 0 Å². The van der Waals surface area contributed by atoms with Crippen molar-refractivity contribution in [2.24, 2.45) is 0 Å². The van der Waals surface area contributed by atoms with Crippen molar-refractivity contribution in [1.29, 1.82) is 0 Å². The number of rotatable bonds is 8. The molecular weight excluding hydrogens is 851 g/mol. The van der Waals surface area contributed by atoms with Gasteiger partial charge < -0.3 is 13.9 Å². The van der Waals surface area contributed by atoms with Crippen LogP contribution in [0.25, 0.3) is 112 Å². The van der Waals surface area contributed by atoms with E-state index in [2.05, 4.69) is 103 Å². The van der Waals surface area contributed by atoms with Crippen LogP contribution in [0.3, 0.4) is 0 Å². The first-order chi connectivity index (χ1) is 34.2. The molecule has 7 aromatic carbocycles. The van der Waals surface area contributed by atoms with Gasteiger partial charge in [0.2, 0.25) is 0 Å². The molecule has 4 aromatic heterocycles. The van der Waals surface area contributed by atoms with Crippen molar-refractivity contribution in [1.82, 2.24) is 24.9 Å². The fourth-order valence-electron chi connectivity index (χ4n) is 9.37. The first-order valence-corrected chi connectivity index (χ1v) is 22.9. The van der Waals surface area contributed by atoms with Gasteiger partial charge in [-0.25, -0.2) is 15.0 Å². The molecule has 0 saturated carbocycles. The zero-order valence-corrected chi connectivity index (χ0v) is 37.0. The number of nitrogens with zero attached hydrogens (tertiary/aromatic N) is 5. The minimum Gasteiger partial charge on any atom is -0.478 e. The van der Waals surface area contributed by atoms with Gasteiger partial charge in [0.15, 0.2) is 41.2 Å². The van der Waals surface area contributed by atoms with E-state index in [1.54, 1.807) is 0 Å². The van der Waals surface area contributed by atoms with E-state index < -0.39 is 0 Å². The van der Waals surface area contributed by atoms with E-state index >= 15 is 0 Å². The van der Waals surface area contributed by atoms with Crippen LogP contribution in [0.15, 0.2) is 229 Å². The van der Waals surface area contributed by atoms with Gasteiger partial charge in [0.1, 0.15) is 11.2 Å². The van der Waals surface area contributed by atoms with Crippen LogP contribution >= 0.6 is 0 Å². The SMILES string of the molecule is C1=CC2Oc3c(-c4ccc(-c5ccc(-c6nc(-c7ccccc7)nc(-c7cccc8c7oc7ccccc78)n6)cc5)cc4)ccc(-c4cc(-c5ccccn5)cc(-c5ccccn5)c4)c3OC2C=C1. The van der Waals surface area contributed by atoms with Gasteiger partial charge in [-0.1, -0.05) is 133 Å². The summed E-state index contributed by atoms with van der Waals surface area (Å²) in [7, 11) is 0. The van der Waals surface area contributed by atoms with E-state index in [4.69, 9.17) is 38.8 Å². The molecule has 8 heteroatoms. The molecule has 2 atom stereocenters. The van der Waals surface area contributed by atoms with Crippen molar-refractivity contribution in [3.63, 3.8) is 0 Å². The predicted octanol–water partition coefficient (Wildman–Crippen LogP) is 14.5. The molecule has 2 unspecified atom stereocenters. The molecular formula is C61H39N5O3. The summed E-state index contributed by atoms with van der Waals surface area (Å²) in [5.41, 5.74) is 13.9. The lowest BCUT2D eigenvalue weighted by Gasteiger charge is -2.34. The maximum atomic E-state index is 6.90. The highest BCUT2D eigenvalue weighted by molar-refractivity contribution is 6.09. The number of fused-ring (bicyclic) bond motifs is 5. The second-order valence-electron chi connectivity index (χ2n) is 17.1. The summed E-state index contributed by atoms with van der Waals surface area (Å²) in [5, 5.41) is 2.07. The Balaban J connectivity index is 0.852. The van der Waals surface area contributed by atoms with E-state index in [9.17, 15) is 0 Å². The molecule has 11 aromatic rings. The molecule has 1 aliphatic carbocycles. The molecule has 2 aliphatic rings. The van der Waals surface area contributed by atoms with Crippen LogP contribution in [0.5, 0.6) is 11.5 Å². The van der Waals surface area contributed by atoms with Crippen LogP contribution in [-0.4, -0.2) is 37.1 Å². The van der Waals surface area contributed by atoms with Crippen LogP contribution in [0.4, 0.5) is 0 Å². The molecule has 1 aliphatic heterocycles. The van der Waals surface area contributed by atoms with Gasteiger partial charge in [0, 0.05) is 56.5 Å². The summed E-state index contributed by atoms with van der Waals surface area (Å²) in [4.78, 5) is 24.5. The fourth-order valence-corrected chi connectivity index (χ4v) is 9.37. The Kier molecular flexibility index (Phi) is 9.79. The minimum atomic E-state index is -0.268. The Hall–Kier alpha value is -9.27. The topological polar surface area (TPSA) is 96.1 Å². The average molecular weight is 890 g/mol. The van der Waals surface area contributed by atoms with E-state index in [0.29, 0.717) is 29.0 Å². The van der Waals surface area contributed by atoms with E-state index in [-0.39, 0.29) is 12.2 Å². The quantitative estimate of drug-likeness (QED) is 0.149. The fraction of sp³-hybridized carbons (Fsp3) is 0.0328. The molecule has 0 amide bonds. The molecule has 0 spiro atoms. The Morgan fingerprint density at radius 3 is 1.48 bits per heavy atom. The molecule has 0 N–H and O–H groups in total. The molecule has 0 radical (unpaired) electrons. The first kappa shape index (κ1) is 40.0. The number of para-hydroxylation sites is 2. The highest BCUT2D eigenvalue weighted by atomic mass is 16.6. The van der Waals surface area contributed by atoms with Gasteiger partial charge in [0.05, 0.1) is 17.0 Å². The maximum Gasteiger partial charge on any atom is 0.170 e. The minimum absolute atomic E-state index is 0.263. The normalized spacial score (nSPS) is 14.8. The van der Waals surface area contributed by atoms with E-state index in [0.717, 1.165) is 94.5 Å². The zero-order chi connectivity index (χ0) is 45.7. The molecule has 0 fully saturated rings. The Morgan fingerprint density at radius 1 is 0.348 bits per heavy atom. The number of furan rings is 1. The summed E-state index contributed by atoms with van der Waals surface area (Å²) < 4.78 is 20.2. The van der Waals surface area contributed by atoms with Crippen molar-refractivity contribution in [2.45, 2.75) is 12.2 Å². The monoisotopic (exact) mass is 889 g/mol. The lowest BCUT2D eigenvalue weighted by Crippen LogP contribution is -2.38. The molecule has 5 heterocycles. The molecule has 69 heavy (non-hydrogen) atoms. The van der Waals surface area contributed by atoms with Gasteiger partial charge in [-0.3, -0.25) is 9.97 Å². The van der Waals surface area contributed by atoms with Crippen molar-refractivity contribution in [3.05, 3.63) is 225 Å². The van der Waals surface area contributed by atoms with Crippen LogP contribution in [0.1, 0.15) is 0 Å². The zero-order valence-electron chi connectivity index (χ0n) is 37.0. The third-order valence-electron chi connectivity index (χ3n) is 12.8. The third kappa shape index (κ3) is 7.41. The van der Waals surface area contributed by atoms with Crippen LogP contribution in [-0.2, 0) is 0 Å². The molecule has 8 nitrogen and oxygen atoms in total. The van der Waals surface area contributed by atoms with E-state index in [1.807, 2.05) is 122 Å². The summed E-state index contributed by atoms with van der Waals surface area (Å²) in [6, 6.07) is 63.9. The highest BCUT2D eigenvalue weighted by Gasteiger charge is 2.33. The lowest BCUT2D eigenvalue weighted by molar-refractivity contribution is 0.0769. The molecule has 0 bridgehead atoms. The summed E-state index contributed by atoms with van der Waals surface area (Å²) in [5.74, 6) is 3.12. The summed E-state index contributed by atoms with van der Waals surface area (Å²) in [6.45, 7) is 0. The number of ether oxygens (including phenoxy) is 2. The van der Waals surface area contributed by atoms with Gasteiger partial charge in [-0.15, -0.1) is 0 Å². The van der Waals surface area contributed by atoms with Crippen molar-refractivity contribution in [3.8, 4) is 102 Å². The number of allylic oxidation sites excluding steroid dienone is 2. The van der Waals surface area contributed by atoms with E-state index in [1.165, 1.54) is 0 Å². The molecule has 0 saturated heterocycles. The van der Waals surface area contributed by atoms with Crippen molar-refractivity contribution < 1.29 is 13.9 Å². The summed E-state index contributed by atoms with van der Waals surface area (Å²) >= 11 is 0. The van der Waals surface area contributed by atoms with Gasteiger partial charge in [-0.05, 0) is 101 Å². The smallest absolute Gasteiger partial charge is 0.170 e. The maximum absolute atomic E-state index is 6.90. The third-order valence-corrected chi connectivity index (χ3v) is 12.8. The van der Waals surface area contributed by atoms with Crippen molar-refractivity contribution in [2.75, 3.05) is 0 Å². The Bertz CT molecular complexity index is 3720. The van der Waals surface area contributed by atoms with Gasteiger partial charge >= 0.3 is 0 Å².